The van der Waals surface area contributed by atoms with E-state index in [4.69, 9.17) is 0 Å². The van der Waals surface area contributed by atoms with E-state index in [1.54, 1.807) is 27.2 Å². The maximum atomic E-state index is 13.3. The summed E-state index contributed by atoms with van der Waals surface area (Å²) in [6.45, 7) is 5.41. The lowest BCUT2D eigenvalue weighted by atomic mass is 9.92. The smallest absolute Gasteiger partial charge is 0.295 e. The molecule has 2 heterocycles. The van der Waals surface area contributed by atoms with Crippen molar-refractivity contribution in [1.82, 2.24) is 14.1 Å². The van der Waals surface area contributed by atoms with Gasteiger partial charge in [0.05, 0.1) is 15.5 Å². The standard InChI is InChI=1S/C25H29N5O4S/c1-18-15-19(2)29(26-18)25-17-22(8-10-24(25)30(31)32)27-11-13-28(14-12-27)35(33,34)23-9-7-20-5-3-4-6-21(20)16-23/h7-10,15-17H,3-6,11-14H2,1-2H3. The van der Waals surface area contributed by atoms with E-state index in [2.05, 4.69) is 10.00 Å². The van der Waals surface area contributed by atoms with Crippen LogP contribution in [0.25, 0.3) is 5.69 Å². The number of nitro groups is 1. The molecule has 0 atom stereocenters. The summed E-state index contributed by atoms with van der Waals surface area (Å²) in [4.78, 5) is 13.7. The molecule has 1 fully saturated rings. The van der Waals surface area contributed by atoms with Crippen molar-refractivity contribution in [3.8, 4) is 5.69 Å². The van der Waals surface area contributed by atoms with Crippen LogP contribution in [0.2, 0.25) is 0 Å². The first-order chi connectivity index (χ1) is 16.7. The summed E-state index contributed by atoms with van der Waals surface area (Å²) >= 11 is 0. The zero-order valence-corrected chi connectivity index (χ0v) is 20.8. The molecule has 3 aromatic rings. The van der Waals surface area contributed by atoms with Crippen LogP contribution in [0, 0.1) is 24.0 Å². The molecule has 1 aromatic heterocycles. The normalized spacial score (nSPS) is 16.8. The maximum absolute atomic E-state index is 13.3. The number of anilines is 1. The van der Waals surface area contributed by atoms with Gasteiger partial charge in [0, 0.05) is 43.6 Å². The first-order valence-corrected chi connectivity index (χ1v) is 13.4. The van der Waals surface area contributed by atoms with Crippen LogP contribution in [-0.4, -0.2) is 53.6 Å². The molecule has 0 amide bonds. The first-order valence-electron chi connectivity index (χ1n) is 11.9. The van der Waals surface area contributed by atoms with Gasteiger partial charge in [-0.15, -0.1) is 0 Å². The Kier molecular flexibility index (Phi) is 6.10. The van der Waals surface area contributed by atoms with Crippen LogP contribution in [0.4, 0.5) is 11.4 Å². The molecule has 0 bridgehead atoms. The molecule has 2 aliphatic rings. The minimum atomic E-state index is -3.57. The van der Waals surface area contributed by atoms with Crippen LogP contribution in [0.5, 0.6) is 0 Å². The van der Waals surface area contributed by atoms with Crippen molar-refractivity contribution in [3.05, 3.63) is 75.1 Å². The number of hydrogen-bond acceptors (Lipinski definition) is 6. The molecule has 1 aliphatic carbocycles. The second kappa shape index (κ2) is 9.09. The van der Waals surface area contributed by atoms with Crippen molar-refractivity contribution in [2.75, 3.05) is 31.1 Å². The number of nitro benzene ring substituents is 1. The SMILES string of the molecule is Cc1cc(C)n(-c2cc(N3CCN(S(=O)(=O)c4ccc5c(c4)CCCC5)CC3)ccc2[N+](=O)[O-])n1. The van der Waals surface area contributed by atoms with Crippen LogP contribution < -0.4 is 4.90 Å². The lowest BCUT2D eigenvalue weighted by Crippen LogP contribution is -2.48. The fourth-order valence-electron chi connectivity index (χ4n) is 5.11. The van der Waals surface area contributed by atoms with Crippen LogP contribution in [-0.2, 0) is 22.9 Å². The number of aryl methyl sites for hydroxylation is 4. The fourth-order valence-corrected chi connectivity index (χ4v) is 6.58. The number of sulfonamides is 1. The minimum absolute atomic E-state index is 0.0198. The van der Waals surface area contributed by atoms with Gasteiger partial charge in [-0.05, 0) is 81.0 Å². The molecule has 2 aromatic carbocycles. The Morgan fingerprint density at radius 2 is 1.63 bits per heavy atom. The number of rotatable bonds is 5. The van der Waals surface area contributed by atoms with E-state index in [-0.39, 0.29) is 5.69 Å². The maximum Gasteiger partial charge on any atom is 0.295 e. The van der Waals surface area contributed by atoms with Gasteiger partial charge in [-0.2, -0.15) is 9.40 Å². The third-order valence-electron chi connectivity index (χ3n) is 6.95. The molecule has 0 radical (unpaired) electrons. The fraction of sp³-hybridized carbons (Fsp3) is 0.400. The van der Waals surface area contributed by atoms with E-state index in [9.17, 15) is 18.5 Å². The molecule has 184 valence electrons. The number of benzene rings is 2. The number of fused-ring (bicyclic) bond motifs is 1. The Morgan fingerprint density at radius 3 is 2.29 bits per heavy atom. The van der Waals surface area contributed by atoms with Gasteiger partial charge in [0.1, 0.15) is 5.69 Å². The van der Waals surface area contributed by atoms with Crippen LogP contribution in [0.15, 0.2) is 47.4 Å². The molecule has 0 N–H and O–H groups in total. The second-order valence-electron chi connectivity index (χ2n) is 9.30. The van der Waals surface area contributed by atoms with Crippen molar-refractivity contribution in [1.29, 1.82) is 0 Å². The third kappa shape index (κ3) is 4.43. The Hall–Kier alpha value is -3.24. The molecule has 9 nitrogen and oxygen atoms in total. The van der Waals surface area contributed by atoms with Gasteiger partial charge < -0.3 is 4.90 Å². The number of aromatic nitrogens is 2. The van der Waals surface area contributed by atoms with Gasteiger partial charge in [-0.25, -0.2) is 13.1 Å². The van der Waals surface area contributed by atoms with Crippen molar-refractivity contribution in [2.45, 2.75) is 44.4 Å². The Balaban J connectivity index is 1.36. The summed E-state index contributed by atoms with van der Waals surface area (Å²) < 4.78 is 29.8. The van der Waals surface area contributed by atoms with Gasteiger partial charge in [-0.1, -0.05) is 6.07 Å². The number of piperazine rings is 1. The van der Waals surface area contributed by atoms with E-state index >= 15 is 0 Å². The van der Waals surface area contributed by atoms with E-state index < -0.39 is 14.9 Å². The molecule has 0 saturated carbocycles. The highest BCUT2D eigenvalue weighted by atomic mass is 32.2. The lowest BCUT2D eigenvalue weighted by molar-refractivity contribution is -0.384. The molecular formula is C25H29N5O4S. The summed E-state index contributed by atoms with van der Waals surface area (Å²) in [5.74, 6) is 0. The number of nitrogens with zero attached hydrogens (tertiary/aromatic N) is 5. The van der Waals surface area contributed by atoms with Crippen molar-refractivity contribution in [3.63, 3.8) is 0 Å². The topological polar surface area (TPSA) is 102 Å². The third-order valence-corrected chi connectivity index (χ3v) is 8.85. The van der Waals surface area contributed by atoms with Crippen molar-refractivity contribution in [2.24, 2.45) is 0 Å². The molecular weight excluding hydrogens is 466 g/mol. The summed E-state index contributed by atoms with van der Waals surface area (Å²) in [5, 5.41) is 16.1. The largest absolute Gasteiger partial charge is 0.369 e. The van der Waals surface area contributed by atoms with E-state index in [0.29, 0.717) is 36.8 Å². The van der Waals surface area contributed by atoms with Gasteiger partial charge in [0.15, 0.2) is 0 Å². The zero-order valence-electron chi connectivity index (χ0n) is 20.0. The summed E-state index contributed by atoms with van der Waals surface area (Å²) in [7, 11) is -3.57. The van der Waals surface area contributed by atoms with Crippen LogP contribution in [0.3, 0.4) is 0 Å². The average Bonchev–Trinajstić information content (AvgIpc) is 3.20. The first kappa shape index (κ1) is 23.5. The average molecular weight is 496 g/mol. The molecule has 1 aliphatic heterocycles. The minimum Gasteiger partial charge on any atom is -0.369 e. The highest BCUT2D eigenvalue weighted by molar-refractivity contribution is 7.89. The van der Waals surface area contributed by atoms with Crippen molar-refractivity contribution < 1.29 is 13.3 Å². The zero-order chi connectivity index (χ0) is 24.7. The summed E-state index contributed by atoms with van der Waals surface area (Å²) in [6.07, 6.45) is 4.21. The molecule has 1 saturated heterocycles. The second-order valence-corrected chi connectivity index (χ2v) is 11.2. The lowest BCUT2D eigenvalue weighted by Gasteiger charge is -2.35. The number of hydrogen-bond donors (Lipinski definition) is 0. The molecule has 0 unspecified atom stereocenters. The van der Waals surface area contributed by atoms with Gasteiger partial charge >= 0.3 is 0 Å². The molecule has 0 spiro atoms. The molecule has 10 heteroatoms. The van der Waals surface area contributed by atoms with E-state index in [1.165, 1.54) is 11.6 Å². The van der Waals surface area contributed by atoms with Gasteiger partial charge in [-0.3, -0.25) is 10.1 Å². The monoisotopic (exact) mass is 495 g/mol. The summed E-state index contributed by atoms with van der Waals surface area (Å²) in [6, 6.07) is 12.4. The summed E-state index contributed by atoms with van der Waals surface area (Å²) in [5.41, 5.74) is 5.20. The predicted octanol–water partition coefficient (Wildman–Crippen LogP) is 3.79. The van der Waals surface area contributed by atoms with Crippen LogP contribution in [0.1, 0.15) is 35.4 Å². The predicted molar refractivity (Wildman–Crippen MR) is 134 cm³/mol. The molecule has 5 rings (SSSR count). The van der Waals surface area contributed by atoms with Crippen molar-refractivity contribution >= 4 is 21.4 Å². The van der Waals surface area contributed by atoms with Gasteiger partial charge in [0.25, 0.3) is 5.69 Å². The van der Waals surface area contributed by atoms with Gasteiger partial charge in [0.2, 0.25) is 10.0 Å². The quantitative estimate of drug-likeness (QED) is 0.394. The molecule has 35 heavy (non-hydrogen) atoms. The van der Waals surface area contributed by atoms with E-state index in [0.717, 1.165) is 48.3 Å². The Bertz CT molecular complexity index is 1390. The Morgan fingerprint density at radius 1 is 0.914 bits per heavy atom. The highest BCUT2D eigenvalue weighted by Gasteiger charge is 2.30. The van der Waals surface area contributed by atoms with E-state index in [1.807, 2.05) is 32.0 Å². The van der Waals surface area contributed by atoms with Crippen LogP contribution >= 0.6 is 0 Å². The highest BCUT2D eigenvalue weighted by Crippen LogP contribution is 2.31. The Labute approximate surface area is 205 Å².